The molecule has 2 fully saturated rings. The van der Waals surface area contributed by atoms with Gasteiger partial charge in [0.2, 0.25) is 5.91 Å². The number of carbonyl (C=O) groups excluding carboxylic acids is 1. The van der Waals surface area contributed by atoms with Gasteiger partial charge in [-0.1, -0.05) is 27.7 Å². The van der Waals surface area contributed by atoms with Gasteiger partial charge in [0.25, 0.3) is 0 Å². The Bertz CT molecular complexity index is 383. The summed E-state index contributed by atoms with van der Waals surface area (Å²) in [5, 5.41) is 0. The standard InChI is InChI=1S/C12H24N2O.C9H20N2/c1-10(2)9-12(15)14(4)11-5-7-13(3)8-6-11;1-9(2)8-11-6-4-10(3)5-7-11/h10-11H,5-9H2,1-4H3;9H,4-8H2,1-3H3. The summed E-state index contributed by atoms with van der Waals surface area (Å²) in [6.45, 7) is 17.3. The molecule has 0 saturated carbocycles. The van der Waals surface area contributed by atoms with Gasteiger partial charge in [0.1, 0.15) is 0 Å². The first-order valence-electron chi connectivity index (χ1n) is 10.5. The number of carbonyl (C=O) groups is 1. The molecule has 0 aromatic heterocycles. The van der Waals surface area contributed by atoms with E-state index in [-0.39, 0.29) is 0 Å². The van der Waals surface area contributed by atoms with Crippen LogP contribution in [0.2, 0.25) is 0 Å². The summed E-state index contributed by atoms with van der Waals surface area (Å²) < 4.78 is 0. The van der Waals surface area contributed by atoms with Crippen LogP contribution in [0, 0.1) is 11.8 Å². The van der Waals surface area contributed by atoms with E-state index in [2.05, 4.69) is 56.5 Å². The van der Waals surface area contributed by atoms with Crippen molar-refractivity contribution in [2.45, 2.75) is 53.0 Å². The summed E-state index contributed by atoms with van der Waals surface area (Å²) in [4.78, 5) is 21.1. The van der Waals surface area contributed by atoms with Crippen molar-refractivity contribution >= 4 is 5.91 Å². The van der Waals surface area contributed by atoms with Crippen molar-refractivity contribution in [1.29, 1.82) is 0 Å². The van der Waals surface area contributed by atoms with Crippen LogP contribution in [0.1, 0.15) is 47.0 Å². The van der Waals surface area contributed by atoms with Crippen molar-refractivity contribution in [3.8, 4) is 0 Å². The maximum atomic E-state index is 11.8. The van der Waals surface area contributed by atoms with E-state index in [0.29, 0.717) is 24.3 Å². The molecular formula is C21H44N4O. The van der Waals surface area contributed by atoms with Crippen molar-refractivity contribution in [3.05, 3.63) is 0 Å². The fourth-order valence-electron chi connectivity index (χ4n) is 3.63. The molecule has 0 aromatic carbocycles. The third kappa shape index (κ3) is 9.33. The fourth-order valence-corrected chi connectivity index (χ4v) is 3.63. The molecule has 0 N–H and O–H groups in total. The average molecular weight is 369 g/mol. The lowest BCUT2D eigenvalue weighted by molar-refractivity contribution is -0.133. The second-order valence-electron chi connectivity index (χ2n) is 9.13. The van der Waals surface area contributed by atoms with E-state index in [1.54, 1.807) is 0 Å². The van der Waals surface area contributed by atoms with Crippen LogP contribution >= 0.6 is 0 Å². The van der Waals surface area contributed by atoms with Gasteiger partial charge in [-0.2, -0.15) is 0 Å². The summed E-state index contributed by atoms with van der Waals surface area (Å²) >= 11 is 0. The molecule has 2 aliphatic heterocycles. The number of amides is 1. The number of likely N-dealkylation sites (tertiary alicyclic amines) is 1. The highest BCUT2D eigenvalue weighted by Crippen LogP contribution is 2.16. The largest absolute Gasteiger partial charge is 0.343 e. The molecule has 26 heavy (non-hydrogen) atoms. The minimum Gasteiger partial charge on any atom is -0.343 e. The first-order valence-corrected chi connectivity index (χ1v) is 10.5. The minimum atomic E-state index is 0.305. The molecule has 2 aliphatic rings. The van der Waals surface area contributed by atoms with Gasteiger partial charge in [0.05, 0.1) is 0 Å². The van der Waals surface area contributed by atoms with Gasteiger partial charge in [-0.15, -0.1) is 0 Å². The van der Waals surface area contributed by atoms with Gasteiger partial charge in [0.15, 0.2) is 0 Å². The summed E-state index contributed by atoms with van der Waals surface area (Å²) in [5.74, 6) is 1.59. The van der Waals surface area contributed by atoms with Crippen LogP contribution in [-0.2, 0) is 4.79 Å². The zero-order chi connectivity index (χ0) is 19.7. The Labute approximate surface area is 162 Å². The highest BCUT2D eigenvalue weighted by atomic mass is 16.2. The first-order chi connectivity index (χ1) is 12.2. The smallest absolute Gasteiger partial charge is 0.222 e. The number of nitrogens with zero attached hydrogens (tertiary/aromatic N) is 4. The number of rotatable bonds is 5. The SMILES string of the molecule is CC(C)CC(=O)N(C)C1CCN(C)CC1.CC(C)CN1CCN(C)CC1. The monoisotopic (exact) mass is 368 g/mol. The summed E-state index contributed by atoms with van der Waals surface area (Å²) in [7, 11) is 6.31. The predicted molar refractivity (Wildman–Crippen MR) is 112 cm³/mol. The molecule has 5 nitrogen and oxygen atoms in total. The van der Waals surface area contributed by atoms with E-state index in [0.717, 1.165) is 31.8 Å². The van der Waals surface area contributed by atoms with Gasteiger partial charge in [-0.25, -0.2) is 0 Å². The van der Waals surface area contributed by atoms with E-state index in [1.165, 1.54) is 32.7 Å². The second kappa shape index (κ2) is 11.9. The average Bonchev–Trinajstić information content (AvgIpc) is 2.56. The number of hydrogen-bond acceptors (Lipinski definition) is 4. The molecule has 0 atom stereocenters. The van der Waals surface area contributed by atoms with Crippen LogP contribution in [0.15, 0.2) is 0 Å². The molecule has 2 rings (SSSR count). The Kier molecular flexibility index (Phi) is 10.7. The molecule has 0 aromatic rings. The normalized spacial score (nSPS) is 21.0. The van der Waals surface area contributed by atoms with E-state index in [1.807, 2.05) is 11.9 Å². The van der Waals surface area contributed by atoms with Crippen molar-refractivity contribution in [2.24, 2.45) is 11.8 Å². The molecule has 154 valence electrons. The predicted octanol–water partition coefficient (Wildman–Crippen LogP) is 2.47. The number of piperidine rings is 1. The summed E-state index contributed by atoms with van der Waals surface area (Å²) in [6.07, 6.45) is 2.93. The lowest BCUT2D eigenvalue weighted by atomic mass is 10.0. The van der Waals surface area contributed by atoms with Crippen LogP contribution in [0.3, 0.4) is 0 Å². The lowest BCUT2D eigenvalue weighted by Gasteiger charge is -2.35. The second-order valence-corrected chi connectivity index (χ2v) is 9.13. The molecule has 2 saturated heterocycles. The van der Waals surface area contributed by atoms with Crippen molar-refractivity contribution < 1.29 is 4.79 Å². The van der Waals surface area contributed by atoms with Gasteiger partial charge in [-0.05, 0) is 51.9 Å². The molecular weight excluding hydrogens is 324 g/mol. The number of hydrogen-bond donors (Lipinski definition) is 0. The topological polar surface area (TPSA) is 30.0 Å². The maximum absolute atomic E-state index is 11.8. The highest BCUT2D eigenvalue weighted by molar-refractivity contribution is 5.76. The first kappa shape index (κ1) is 23.4. The van der Waals surface area contributed by atoms with Gasteiger partial charge < -0.3 is 19.6 Å². The molecule has 0 bridgehead atoms. The van der Waals surface area contributed by atoms with Crippen LogP contribution in [-0.4, -0.2) is 98.5 Å². The zero-order valence-electron chi connectivity index (χ0n) is 18.5. The molecule has 0 spiro atoms. The molecule has 0 aliphatic carbocycles. The fraction of sp³-hybridized carbons (Fsp3) is 0.952. The third-order valence-electron chi connectivity index (χ3n) is 5.43. The molecule has 2 heterocycles. The van der Waals surface area contributed by atoms with Crippen molar-refractivity contribution in [3.63, 3.8) is 0 Å². The van der Waals surface area contributed by atoms with E-state index >= 15 is 0 Å². The van der Waals surface area contributed by atoms with Gasteiger partial charge >= 0.3 is 0 Å². The van der Waals surface area contributed by atoms with E-state index < -0.39 is 0 Å². The van der Waals surface area contributed by atoms with Crippen LogP contribution in [0.25, 0.3) is 0 Å². The Balaban J connectivity index is 0.000000273. The molecule has 1 amide bonds. The van der Waals surface area contributed by atoms with Crippen molar-refractivity contribution in [2.75, 3.05) is 67.0 Å². The molecule has 0 radical (unpaired) electrons. The Hall–Kier alpha value is -0.650. The van der Waals surface area contributed by atoms with Crippen LogP contribution in [0.4, 0.5) is 0 Å². The Morgan fingerprint density at radius 3 is 1.85 bits per heavy atom. The number of likely N-dealkylation sites (N-methyl/N-ethyl adjacent to an activating group) is 1. The lowest BCUT2D eigenvalue weighted by Crippen LogP contribution is -2.45. The molecule has 5 heteroatoms. The van der Waals surface area contributed by atoms with E-state index in [4.69, 9.17) is 0 Å². The third-order valence-corrected chi connectivity index (χ3v) is 5.43. The summed E-state index contributed by atoms with van der Waals surface area (Å²) in [6, 6.07) is 0.465. The van der Waals surface area contributed by atoms with E-state index in [9.17, 15) is 4.79 Å². The summed E-state index contributed by atoms with van der Waals surface area (Å²) in [5.41, 5.74) is 0. The van der Waals surface area contributed by atoms with Crippen molar-refractivity contribution in [1.82, 2.24) is 19.6 Å². The van der Waals surface area contributed by atoms with Gasteiger partial charge in [0, 0.05) is 52.2 Å². The quantitative estimate of drug-likeness (QED) is 0.746. The highest BCUT2D eigenvalue weighted by Gasteiger charge is 2.23. The van der Waals surface area contributed by atoms with Crippen LogP contribution < -0.4 is 0 Å². The van der Waals surface area contributed by atoms with Crippen LogP contribution in [0.5, 0.6) is 0 Å². The zero-order valence-corrected chi connectivity index (χ0v) is 18.5. The van der Waals surface area contributed by atoms with Gasteiger partial charge in [-0.3, -0.25) is 4.79 Å². The Morgan fingerprint density at radius 1 is 0.885 bits per heavy atom. The number of piperazine rings is 1. The molecule has 0 unspecified atom stereocenters. The Morgan fingerprint density at radius 2 is 1.38 bits per heavy atom. The minimum absolute atomic E-state index is 0.305. The maximum Gasteiger partial charge on any atom is 0.222 e.